The lowest BCUT2D eigenvalue weighted by molar-refractivity contribution is 0.387. The number of H-pyrrole nitrogens is 1. The summed E-state index contributed by atoms with van der Waals surface area (Å²) < 4.78 is 18.2. The Bertz CT molecular complexity index is 667. The van der Waals surface area contributed by atoms with Gasteiger partial charge in [-0.1, -0.05) is 6.92 Å². The number of nitrogen functional groups attached to an aromatic ring is 1. The van der Waals surface area contributed by atoms with Crippen molar-refractivity contribution < 1.29 is 9.13 Å². The number of nitrogens with two attached hydrogens (primary N) is 1. The Morgan fingerprint density at radius 3 is 2.79 bits per heavy atom. The average Bonchev–Trinajstić information content (AvgIpc) is 2.39. The maximum atomic E-state index is 13.3. The maximum absolute atomic E-state index is 13.3. The van der Waals surface area contributed by atoms with Crippen molar-refractivity contribution in [3.8, 4) is 17.1 Å². The van der Waals surface area contributed by atoms with Gasteiger partial charge < -0.3 is 15.5 Å². The van der Waals surface area contributed by atoms with Crippen molar-refractivity contribution in [2.24, 2.45) is 0 Å². The van der Waals surface area contributed by atoms with Gasteiger partial charge in [-0.3, -0.25) is 4.79 Å². The summed E-state index contributed by atoms with van der Waals surface area (Å²) in [7, 11) is 1.37. The molecule has 1 aromatic carbocycles. The third-order valence-corrected chi connectivity index (χ3v) is 2.83. The molecule has 0 aliphatic rings. The van der Waals surface area contributed by atoms with E-state index in [1.165, 1.54) is 25.3 Å². The lowest BCUT2D eigenvalue weighted by Gasteiger charge is -2.07. The molecule has 0 fully saturated rings. The summed E-state index contributed by atoms with van der Waals surface area (Å²) in [6.07, 6.45) is 0.501. The van der Waals surface area contributed by atoms with Crippen LogP contribution in [0, 0.1) is 5.82 Å². The molecule has 0 unspecified atom stereocenters. The number of hydrogen-bond acceptors (Lipinski definition) is 4. The Morgan fingerprint density at radius 1 is 1.47 bits per heavy atom. The van der Waals surface area contributed by atoms with E-state index >= 15 is 0 Å². The molecule has 6 heteroatoms. The second-order valence-corrected chi connectivity index (χ2v) is 3.98. The summed E-state index contributed by atoms with van der Waals surface area (Å²) in [4.78, 5) is 18.6. The van der Waals surface area contributed by atoms with Gasteiger partial charge in [0.05, 0.1) is 12.7 Å². The monoisotopic (exact) mass is 263 g/mol. The van der Waals surface area contributed by atoms with E-state index in [1.807, 2.05) is 6.92 Å². The number of aromatic nitrogens is 2. The van der Waals surface area contributed by atoms with Crippen LogP contribution in [0.25, 0.3) is 11.4 Å². The molecule has 1 heterocycles. The minimum Gasteiger partial charge on any atom is -0.494 e. The first-order chi connectivity index (χ1) is 9.06. The SMILES string of the molecule is CCc1c(N)nc(-c2ccc(F)c(OC)c2)[nH]c1=O. The number of halogens is 1. The van der Waals surface area contributed by atoms with E-state index in [-0.39, 0.29) is 23.0 Å². The number of rotatable bonds is 3. The smallest absolute Gasteiger partial charge is 0.256 e. The van der Waals surface area contributed by atoms with Crippen molar-refractivity contribution in [2.45, 2.75) is 13.3 Å². The van der Waals surface area contributed by atoms with Crippen molar-refractivity contribution in [3.05, 3.63) is 39.9 Å². The minimum atomic E-state index is -0.480. The molecule has 0 aliphatic carbocycles. The topological polar surface area (TPSA) is 81.0 Å². The standard InChI is InChI=1S/C13H14FN3O2/c1-3-8-11(15)16-12(17-13(8)18)7-4-5-9(14)10(6-7)19-2/h4-6H,3H2,1-2H3,(H3,15,16,17,18). The van der Waals surface area contributed by atoms with Crippen LogP contribution in [0.5, 0.6) is 5.75 Å². The summed E-state index contributed by atoms with van der Waals surface area (Å²) in [5, 5.41) is 0. The van der Waals surface area contributed by atoms with Crippen LogP contribution >= 0.6 is 0 Å². The van der Waals surface area contributed by atoms with Gasteiger partial charge in [-0.05, 0) is 24.6 Å². The highest BCUT2D eigenvalue weighted by atomic mass is 19.1. The number of ether oxygens (including phenoxy) is 1. The van der Waals surface area contributed by atoms with Gasteiger partial charge in [0.15, 0.2) is 11.6 Å². The van der Waals surface area contributed by atoms with Crippen molar-refractivity contribution >= 4 is 5.82 Å². The third kappa shape index (κ3) is 2.42. The van der Waals surface area contributed by atoms with Gasteiger partial charge in [-0.2, -0.15) is 0 Å². The van der Waals surface area contributed by atoms with Gasteiger partial charge in [0, 0.05) is 5.56 Å². The fourth-order valence-corrected chi connectivity index (χ4v) is 1.80. The second-order valence-electron chi connectivity index (χ2n) is 3.98. The molecular weight excluding hydrogens is 249 g/mol. The van der Waals surface area contributed by atoms with Gasteiger partial charge in [-0.15, -0.1) is 0 Å². The van der Waals surface area contributed by atoms with Crippen LogP contribution in [-0.2, 0) is 6.42 Å². The number of hydrogen-bond donors (Lipinski definition) is 2. The largest absolute Gasteiger partial charge is 0.494 e. The molecule has 0 radical (unpaired) electrons. The van der Waals surface area contributed by atoms with Crippen LogP contribution in [0.2, 0.25) is 0 Å². The summed E-state index contributed by atoms with van der Waals surface area (Å²) in [6, 6.07) is 4.21. The third-order valence-electron chi connectivity index (χ3n) is 2.83. The molecule has 3 N–H and O–H groups in total. The molecule has 0 amide bonds. The highest BCUT2D eigenvalue weighted by molar-refractivity contribution is 5.59. The van der Waals surface area contributed by atoms with Crippen molar-refractivity contribution in [2.75, 3.05) is 12.8 Å². The van der Waals surface area contributed by atoms with Crippen LogP contribution < -0.4 is 16.0 Å². The van der Waals surface area contributed by atoms with Crippen LogP contribution in [0.15, 0.2) is 23.0 Å². The van der Waals surface area contributed by atoms with Gasteiger partial charge in [0.1, 0.15) is 11.6 Å². The van der Waals surface area contributed by atoms with Crippen molar-refractivity contribution in [1.29, 1.82) is 0 Å². The molecule has 0 spiro atoms. The number of methoxy groups -OCH3 is 1. The van der Waals surface area contributed by atoms with Gasteiger partial charge in [0.2, 0.25) is 0 Å². The molecule has 100 valence electrons. The van der Waals surface area contributed by atoms with E-state index in [4.69, 9.17) is 10.5 Å². The highest BCUT2D eigenvalue weighted by Gasteiger charge is 2.11. The van der Waals surface area contributed by atoms with Gasteiger partial charge in [-0.25, -0.2) is 9.37 Å². The van der Waals surface area contributed by atoms with Crippen LogP contribution in [-0.4, -0.2) is 17.1 Å². The summed E-state index contributed by atoms with van der Waals surface area (Å²) in [5.41, 5.74) is 6.42. The second kappa shape index (κ2) is 5.09. The molecule has 0 atom stereocenters. The summed E-state index contributed by atoms with van der Waals surface area (Å²) in [5.74, 6) is 0.0765. The first-order valence-electron chi connectivity index (χ1n) is 5.79. The molecule has 0 saturated carbocycles. The maximum Gasteiger partial charge on any atom is 0.256 e. The number of anilines is 1. The molecule has 0 bridgehead atoms. The Hall–Kier alpha value is -2.37. The number of aromatic amines is 1. The first kappa shape index (κ1) is 13.1. The highest BCUT2D eigenvalue weighted by Crippen LogP contribution is 2.24. The quantitative estimate of drug-likeness (QED) is 0.883. The van der Waals surface area contributed by atoms with Crippen molar-refractivity contribution in [3.63, 3.8) is 0 Å². The zero-order valence-electron chi connectivity index (χ0n) is 10.7. The summed E-state index contributed by atoms with van der Waals surface area (Å²) in [6.45, 7) is 1.82. The molecule has 0 aliphatic heterocycles. The van der Waals surface area contributed by atoms with E-state index in [0.29, 0.717) is 17.5 Å². The van der Waals surface area contributed by atoms with Gasteiger partial charge >= 0.3 is 0 Å². The van der Waals surface area contributed by atoms with Crippen LogP contribution in [0.1, 0.15) is 12.5 Å². The van der Waals surface area contributed by atoms with Crippen LogP contribution in [0.3, 0.4) is 0 Å². The van der Waals surface area contributed by atoms with E-state index in [1.54, 1.807) is 0 Å². The minimum absolute atomic E-state index is 0.0817. The normalized spacial score (nSPS) is 10.5. The Labute approximate surface area is 109 Å². The molecular formula is C13H14FN3O2. The molecule has 19 heavy (non-hydrogen) atoms. The van der Waals surface area contributed by atoms with Crippen molar-refractivity contribution in [1.82, 2.24) is 9.97 Å². The van der Waals surface area contributed by atoms with E-state index in [0.717, 1.165) is 0 Å². The zero-order valence-corrected chi connectivity index (χ0v) is 10.7. The fraction of sp³-hybridized carbons (Fsp3) is 0.231. The summed E-state index contributed by atoms with van der Waals surface area (Å²) >= 11 is 0. The van der Waals surface area contributed by atoms with E-state index in [9.17, 15) is 9.18 Å². The Kier molecular flexibility index (Phi) is 3.50. The molecule has 2 aromatic rings. The predicted molar refractivity (Wildman–Crippen MR) is 70.6 cm³/mol. The Morgan fingerprint density at radius 2 is 2.21 bits per heavy atom. The average molecular weight is 263 g/mol. The van der Waals surface area contributed by atoms with E-state index in [2.05, 4.69) is 9.97 Å². The fourth-order valence-electron chi connectivity index (χ4n) is 1.80. The lowest BCUT2D eigenvalue weighted by atomic mass is 10.1. The van der Waals surface area contributed by atoms with E-state index < -0.39 is 5.82 Å². The Balaban J connectivity index is 2.56. The van der Waals surface area contributed by atoms with Crippen LogP contribution in [0.4, 0.5) is 10.2 Å². The number of benzene rings is 1. The molecule has 5 nitrogen and oxygen atoms in total. The predicted octanol–water partition coefficient (Wildman–Crippen LogP) is 1.73. The number of nitrogens with one attached hydrogen (secondary N) is 1. The zero-order chi connectivity index (χ0) is 14.0. The molecule has 1 aromatic heterocycles. The molecule has 0 saturated heterocycles. The molecule has 2 rings (SSSR count). The lowest BCUT2D eigenvalue weighted by Crippen LogP contribution is -2.17. The van der Waals surface area contributed by atoms with Gasteiger partial charge in [0.25, 0.3) is 5.56 Å². The first-order valence-corrected chi connectivity index (χ1v) is 5.79. The number of nitrogens with zero attached hydrogens (tertiary/aromatic N) is 1.